The Morgan fingerprint density at radius 2 is 1.43 bits per heavy atom. The average Bonchev–Trinajstić information content (AvgIpc) is 2.90. The first-order valence-electron chi connectivity index (χ1n) is 6.68. The van der Waals surface area contributed by atoms with Crippen molar-refractivity contribution < 1.29 is 0 Å². The summed E-state index contributed by atoms with van der Waals surface area (Å²) in [7, 11) is 0. The molecule has 0 aliphatic carbocycles. The second-order valence-corrected chi connectivity index (χ2v) is 5.91. The Labute approximate surface area is 132 Å². The molecule has 1 heterocycles. The Morgan fingerprint density at radius 3 is 2.29 bits per heavy atom. The molecule has 102 valence electrons. The number of aromatic amines is 1. The van der Waals surface area contributed by atoms with Crippen LogP contribution in [0.5, 0.6) is 0 Å². The number of hydrogen-bond acceptors (Lipinski definition) is 0. The van der Waals surface area contributed by atoms with Crippen molar-refractivity contribution in [3.05, 3.63) is 70.7 Å². The molecule has 0 amide bonds. The third kappa shape index (κ3) is 2.19. The SMILES string of the molecule is Clc1cc2cc(-c3ccc4ccccc4c3)[nH]c2cc1Cl. The van der Waals surface area contributed by atoms with Crippen LogP contribution in [-0.2, 0) is 0 Å². The third-order valence-corrected chi connectivity index (χ3v) is 4.44. The van der Waals surface area contributed by atoms with Crippen molar-refractivity contribution in [2.75, 3.05) is 0 Å². The number of fused-ring (bicyclic) bond motifs is 2. The van der Waals surface area contributed by atoms with Crippen LogP contribution in [0, 0.1) is 0 Å². The molecule has 0 saturated heterocycles. The van der Waals surface area contributed by atoms with Crippen LogP contribution in [0.15, 0.2) is 60.7 Å². The maximum atomic E-state index is 6.08. The summed E-state index contributed by atoms with van der Waals surface area (Å²) in [5.74, 6) is 0. The molecule has 0 bridgehead atoms. The third-order valence-electron chi connectivity index (χ3n) is 3.72. The Balaban J connectivity index is 1.91. The smallest absolute Gasteiger partial charge is 0.0613 e. The standard InChI is InChI=1S/C18H11Cl2N/c19-15-8-14-9-17(21-18(14)10-16(15)20)13-6-5-11-3-1-2-4-12(11)7-13/h1-10,21H. The van der Waals surface area contributed by atoms with Crippen LogP contribution in [0.3, 0.4) is 0 Å². The highest BCUT2D eigenvalue weighted by atomic mass is 35.5. The van der Waals surface area contributed by atoms with Crippen LogP contribution < -0.4 is 0 Å². The van der Waals surface area contributed by atoms with E-state index in [1.54, 1.807) is 0 Å². The quantitative estimate of drug-likeness (QED) is 0.425. The van der Waals surface area contributed by atoms with Gasteiger partial charge in [0.25, 0.3) is 0 Å². The number of nitrogens with one attached hydrogen (secondary N) is 1. The number of rotatable bonds is 1. The summed E-state index contributed by atoms with van der Waals surface area (Å²) in [5, 5.41) is 4.67. The number of halogens is 2. The van der Waals surface area contributed by atoms with Gasteiger partial charge in [-0.3, -0.25) is 0 Å². The molecule has 21 heavy (non-hydrogen) atoms. The van der Waals surface area contributed by atoms with E-state index in [0.717, 1.165) is 22.2 Å². The van der Waals surface area contributed by atoms with Gasteiger partial charge in [-0.2, -0.15) is 0 Å². The average molecular weight is 312 g/mol. The first-order valence-corrected chi connectivity index (χ1v) is 7.43. The van der Waals surface area contributed by atoms with E-state index >= 15 is 0 Å². The highest BCUT2D eigenvalue weighted by molar-refractivity contribution is 6.42. The van der Waals surface area contributed by atoms with Crippen LogP contribution in [0.2, 0.25) is 10.0 Å². The minimum absolute atomic E-state index is 0.566. The van der Waals surface area contributed by atoms with Crippen LogP contribution in [0.25, 0.3) is 32.9 Å². The number of H-pyrrole nitrogens is 1. The van der Waals surface area contributed by atoms with Crippen molar-refractivity contribution in [2.24, 2.45) is 0 Å². The van der Waals surface area contributed by atoms with Gasteiger partial charge in [-0.1, -0.05) is 59.6 Å². The summed E-state index contributed by atoms with van der Waals surface area (Å²) >= 11 is 12.1. The van der Waals surface area contributed by atoms with E-state index in [-0.39, 0.29) is 0 Å². The molecule has 3 heteroatoms. The van der Waals surface area contributed by atoms with Crippen LogP contribution >= 0.6 is 23.2 Å². The number of aromatic nitrogens is 1. The molecule has 0 spiro atoms. The van der Waals surface area contributed by atoms with E-state index in [1.165, 1.54) is 10.8 Å². The second kappa shape index (κ2) is 4.80. The van der Waals surface area contributed by atoms with E-state index in [2.05, 4.69) is 53.5 Å². The van der Waals surface area contributed by atoms with Crippen LogP contribution in [0.1, 0.15) is 0 Å². The van der Waals surface area contributed by atoms with Crippen LogP contribution in [-0.4, -0.2) is 4.98 Å². The molecule has 0 fully saturated rings. The van der Waals surface area contributed by atoms with Crippen molar-refractivity contribution >= 4 is 44.9 Å². The molecule has 0 unspecified atom stereocenters. The van der Waals surface area contributed by atoms with Crippen LogP contribution in [0.4, 0.5) is 0 Å². The molecule has 4 aromatic rings. The van der Waals surface area contributed by atoms with Gasteiger partial charge in [0, 0.05) is 16.6 Å². The predicted molar refractivity (Wildman–Crippen MR) is 91.3 cm³/mol. The zero-order valence-electron chi connectivity index (χ0n) is 11.0. The van der Waals surface area contributed by atoms with Crippen molar-refractivity contribution in [1.29, 1.82) is 0 Å². The molecule has 0 aliphatic heterocycles. The molecule has 0 aliphatic rings. The molecule has 0 atom stereocenters. The number of hydrogen-bond donors (Lipinski definition) is 1. The van der Waals surface area contributed by atoms with E-state index in [4.69, 9.17) is 23.2 Å². The van der Waals surface area contributed by atoms with E-state index in [1.807, 2.05) is 12.1 Å². The molecule has 4 rings (SSSR count). The molecule has 1 nitrogen and oxygen atoms in total. The van der Waals surface area contributed by atoms with E-state index < -0.39 is 0 Å². The number of benzene rings is 3. The summed E-state index contributed by atoms with van der Waals surface area (Å²) in [6.45, 7) is 0. The second-order valence-electron chi connectivity index (χ2n) is 5.10. The summed E-state index contributed by atoms with van der Waals surface area (Å²) in [4.78, 5) is 3.40. The normalized spacial score (nSPS) is 11.3. The fourth-order valence-corrected chi connectivity index (χ4v) is 2.97. The Hall–Kier alpha value is -1.96. The molecule has 0 radical (unpaired) electrons. The minimum atomic E-state index is 0.566. The highest BCUT2D eigenvalue weighted by Gasteiger charge is 2.07. The lowest BCUT2D eigenvalue weighted by atomic mass is 10.1. The predicted octanol–water partition coefficient (Wildman–Crippen LogP) is 6.29. The Bertz CT molecular complexity index is 930. The molecule has 0 saturated carbocycles. The lowest BCUT2D eigenvalue weighted by Crippen LogP contribution is -1.78. The zero-order valence-corrected chi connectivity index (χ0v) is 12.5. The molecule has 3 aromatic carbocycles. The fourth-order valence-electron chi connectivity index (χ4n) is 2.64. The molecular weight excluding hydrogens is 301 g/mol. The molecular formula is C18H11Cl2N. The monoisotopic (exact) mass is 311 g/mol. The lowest BCUT2D eigenvalue weighted by molar-refractivity contribution is 1.46. The first-order chi connectivity index (χ1) is 10.2. The van der Waals surface area contributed by atoms with Crippen molar-refractivity contribution in [2.45, 2.75) is 0 Å². The maximum Gasteiger partial charge on any atom is 0.0613 e. The molecule has 1 N–H and O–H groups in total. The Morgan fingerprint density at radius 1 is 0.667 bits per heavy atom. The lowest BCUT2D eigenvalue weighted by Gasteiger charge is -2.01. The van der Waals surface area contributed by atoms with E-state index in [0.29, 0.717) is 10.0 Å². The first kappa shape index (κ1) is 12.8. The zero-order chi connectivity index (χ0) is 14.4. The minimum Gasteiger partial charge on any atom is -0.354 e. The van der Waals surface area contributed by atoms with Gasteiger partial charge in [0.2, 0.25) is 0 Å². The summed E-state index contributed by atoms with van der Waals surface area (Å²) in [6.07, 6.45) is 0. The van der Waals surface area contributed by atoms with Gasteiger partial charge >= 0.3 is 0 Å². The van der Waals surface area contributed by atoms with Gasteiger partial charge in [0.1, 0.15) is 0 Å². The summed E-state index contributed by atoms with van der Waals surface area (Å²) in [5.41, 5.74) is 3.21. The van der Waals surface area contributed by atoms with Gasteiger partial charge < -0.3 is 4.98 Å². The largest absolute Gasteiger partial charge is 0.354 e. The maximum absolute atomic E-state index is 6.08. The van der Waals surface area contributed by atoms with Gasteiger partial charge in [-0.25, -0.2) is 0 Å². The van der Waals surface area contributed by atoms with E-state index in [9.17, 15) is 0 Å². The Kier molecular flexibility index (Phi) is 2.91. The van der Waals surface area contributed by atoms with Crippen molar-refractivity contribution in [1.82, 2.24) is 4.98 Å². The topological polar surface area (TPSA) is 15.8 Å². The van der Waals surface area contributed by atoms with Crippen molar-refractivity contribution in [3.63, 3.8) is 0 Å². The molecule has 1 aromatic heterocycles. The summed E-state index contributed by atoms with van der Waals surface area (Å²) < 4.78 is 0. The van der Waals surface area contributed by atoms with Crippen molar-refractivity contribution in [3.8, 4) is 11.3 Å². The highest BCUT2D eigenvalue weighted by Crippen LogP contribution is 2.31. The van der Waals surface area contributed by atoms with Gasteiger partial charge in [0.05, 0.1) is 10.0 Å². The summed E-state index contributed by atoms with van der Waals surface area (Å²) in [6, 6.07) is 20.6. The fraction of sp³-hybridized carbons (Fsp3) is 0. The van der Waals surface area contributed by atoms with Gasteiger partial charge in [-0.05, 0) is 40.6 Å². The van der Waals surface area contributed by atoms with Gasteiger partial charge in [0.15, 0.2) is 0 Å². The van der Waals surface area contributed by atoms with Gasteiger partial charge in [-0.15, -0.1) is 0 Å².